The van der Waals surface area contributed by atoms with Crippen molar-refractivity contribution in [3.8, 4) is 17.2 Å². The lowest BCUT2D eigenvalue weighted by Gasteiger charge is -2.32. The second kappa shape index (κ2) is 8.89. The van der Waals surface area contributed by atoms with E-state index in [0.29, 0.717) is 36.0 Å². The van der Waals surface area contributed by atoms with Crippen LogP contribution in [-0.2, 0) is 25.5 Å². The number of hydrogen-bond acceptors (Lipinski definition) is 9. The van der Waals surface area contributed by atoms with Crippen LogP contribution in [0.3, 0.4) is 0 Å². The average Bonchev–Trinajstić information content (AvgIpc) is 3.62. The summed E-state index contributed by atoms with van der Waals surface area (Å²) >= 11 is 1.45. The first-order valence-corrected chi connectivity index (χ1v) is 12.8. The van der Waals surface area contributed by atoms with Crippen molar-refractivity contribution in [1.82, 2.24) is 5.32 Å². The van der Waals surface area contributed by atoms with E-state index >= 15 is 0 Å². The summed E-state index contributed by atoms with van der Waals surface area (Å²) in [4.78, 5) is 43.6. The lowest BCUT2D eigenvalue weighted by Crippen LogP contribution is -2.57. The van der Waals surface area contributed by atoms with E-state index < -0.39 is 41.2 Å². The molecule has 37 heavy (non-hydrogen) atoms. The molecular weight excluding hydrogens is 496 g/mol. The van der Waals surface area contributed by atoms with Crippen LogP contribution < -0.4 is 19.7 Å². The molecule has 6 rings (SSSR count). The number of amides is 2. The first-order valence-electron chi connectivity index (χ1n) is 11.9. The van der Waals surface area contributed by atoms with Crippen LogP contribution in [0.2, 0.25) is 0 Å². The predicted molar refractivity (Wildman–Crippen MR) is 134 cm³/mol. The minimum absolute atomic E-state index is 0.0847. The van der Waals surface area contributed by atoms with Gasteiger partial charge in [-0.15, -0.1) is 11.3 Å². The Bertz CT molecular complexity index is 1370. The number of phenolic OH excluding ortho intramolecular Hbond substituents is 1. The van der Waals surface area contributed by atoms with Crippen LogP contribution >= 0.6 is 11.3 Å². The van der Waals surface area contributed by atoms with Gasteiger partial charge < -0.3 is 19.3 Å². The van der Waals surface area contributed by atoms with Gasteiger partial charge in [0.05, 0.1) is 30.7 Å². The highest BCUT2D eigenvalue weighted by atomic mass is 32.1. The minimum atomic E-state index is -1.50. The number of aromatic hydroxyl groups is 1. The van der Waals surface area contributed by atoms with Gasteiger partial charge in [0.25, 0.3) is 0 Å². The first-order chi connectivity index (χ1) is 17.9. The normalized spacial score (nSPS) is 26.3. The number of hydrogen-bond donors (Lipinski definition) is 2. The molecule has 0 unspecified atom stereocenters. The fourth-order valence-electron chi connectivity index (χ4n) is 5.68. The summed E-state index contributed by atoms with van der Waals surface area (Å²) in [7, 11) is 1.27. The van der Waals surface area contributed by atoms with Gasteiger partial charge in [0.15, 0.2) is 11.5 Å². The third-order valence-electron chi connectivity index (χ3n) is 7.26. The second-order valence-electron chi connectivity index (χ2n) is 9.29. The van der Waals surface area contributed by atoms with Gasteiger partial charge in [-0.1, -0.05) is 18.2 Å². The van der Waals surface area contributed by atoms with E-state index in [9.17, 15) is 19.5 Å². The number of esters is 1. The van der Waals surface area contributed by atoms with Crippen molar-refractivity contribution < 1.29 is 33.7 Å². The third-order valence-corrected chi connectivity index (χ3v) is 8.21. The molecule has 0 radical (unpaired) electrons. The quantitative estimate of drug-likeness (QED) is 0.390. The van der Waals surface area contributed by atoms with Gasteiger partial charge in [0.2, 0.25) is 11.8 Å². The number of carbonyl (C=O) groups is 3. The molecule has 1 aromatic heterocycles. The Morgan fingerprint density at radius 1 is 1.11 bits per heavy atom. The molecule has 2 amide bonds. The van der Waals surface area contributed by atoms with E-state index in [1.54, 1.807) is 30.3 Å². The van der Waals surface area contributed by atoms with E-state index in [1.807, 2.05) is 17.5 Å². The maximum atomic E-state index is 14.1. The number of nitrogens with one attached hydrogen (secondary N) is 1. The highest BCUT2D eigenvalue weighted by molar-refractivity contribution is 7.10. The van der Waals surface area contributed by atoms with Crippen LogP contribution in [0.25, 0.3) is 0 Å². The van der Waals surface area contributed by atoms with Crippen LogP contribution in [0.15, 0.2) is 60.0 Å². The van der Waals surface area contributed by atoms with Crippen molar-refractivity contribution in [3.05, 3.63) is 70.4 Å². The maximum Gasteiger partial charge on any atom is 0.327 e. The van der Waals surface area contributed by atoms with Gasteiger partial charge in [-0.2, -0.15) is 0 Å². The van der Waals surface area contributed by atoms with Gasteiger partial charge in [-0.25, -0.2) is 4.90 Å². The van der Waals surface area contributed by atoms with Crippen LogP contribution in [0.1, 0.15) is 16.5 Å². The van der Waals surface area contributed by atoms with E-state index in [0.717, 1.165) is 9.78 Å². The number of methoxy groups -OCH3 is 1. The number of phenols is 1. The largest absolute Gasteiger partial charge is 0.508 e. The number of carbonyl (C=O) groups excluding carboxylic acids is 3. The molecule has 190 valence electrons. The van der Waals surface area contributed by atoms with Gasteiger partial charge >= 0.3 is 5.97 Å². The van der Waals surface area contributed by atoms with Crippen molar-refractivity contribution in [1.29, 1.82) is 0 Å². The summed E-state index contributed by atoms with van der Waals surface area (Å²) in [6.07, 6.45) is 0.0942. The number of ether oxygens (including phenoxy) is 3. The number of anilines is 1. The predicted octanol–water partition coefficient (Wildman–Crippen LogP) is 2.83. The van der Waals surface area contributed by atoms with Gasteiger partial charge in [-0.05, 0) is 41.3 Å². The van der Waals surface area contributed by atoms with E-state index in [-0.39, 0.29) is 12.2 Å². The Hall–Kier alpha value is -3.89. The Morgan fingerprint density at radius 2 is 1.86 bits per heavy atom. The van der Waals surface area contributed by atoms with Crippen LogP contribution in [0, 0.1) is 11.8 Å². The molecule has 0 bridgehead atoms. The van der Waals surface area contributed by atoms with Crippen LogP contribution in [0.5, 0.6) is 17.2 Å². The SMILES string of the molecule is COC(=O)[C@]1(Cc2ccc(O)cc2)N[C@@H](c2cccs2)[C@H]2C(=O)N(c3ccc4c(c3)OCCO4)C(=O)[C@@H]21. The smallest absolute Gasteiger partial charge is 0.327 e. The highest BCUT2D eigenvalue weighted by Crippen LogP contribution is 2.52. The zero-order chi connectivity index (χ0) is 25.7. The Morgan fingerprint density at radius 3 is 2.57 bits per heavy atom. The summed E-state index contributed by atoms with van der Waals surface area (Å²) in [5.74, 6) is -2.25. The fourth-order valence-corrected chi connectivity index (χ4v) is 6.50. The number of benzene rings is 2. The molecule has 3 aliphatic heterocycles. The molecule has 2 N–H and O–H groups in total. The monoisotopic (exact) mass is 520 g/mol. The molecule has 2 fully saturated rings. The number of fused-ring (bicyclic) bond motifs is 2. The van der Waals surface area contributed by atoms with Crippen LogP contribution in [0.4, 0.5) is 5.69 Å². The Labute approximate surface area is 216 Å². The molecule has 0 aliphatic carbocycles. The van der Waals surface area contributed by atoms with E-state index in [4.69, 9.17) is 14.2 Å². The third kappa shape index (κ3) is 3.67. The maximum absolute atomic E-state index is 14.1. The summed E-state index contributed by atoms with van der Waals surface area (Å²) in [6.45, 7) is 0.789. The molecule has 10 heteroatoms. The summed E-state index contributed by atoms with van der Waals surface area (Å²) in [6, 6.07) is 14.6. The van der Waals surface area contributed by atoms with Crippen LogP contribution in [-0.4, -0.2) is 48.8 Å². The van der Waals surface area contributed by atoms with Gasteiger partial charge in [0, 0.05) is 17.4 Å². The molecule has 4 heterocycles. The van der Waals surface area contributed by atoms with Crippen molar-refractivity contribution in [2.45, 2.75) is 18.0 Å². The number of rotatable bonds is 5. The molecule has 9 nitrogen and oxygen atoms in total. The standard InChI is InChI=1S/C27H24N2O7S/c1-34-26(33)27(14-15-4-7-17(30)8-5-15)22-21(23(28-27)20-3-2-12-37-20)24(31)29(25(22)32)16-6-9-18-19(13-16)36-11-10-35-18/h2-9,12-13,21-23,28,30H,10-11,14H2,1H3/t21-,22+,23-,27+/m0/s1. The molecule has 3 aromatic rings. The number of imide groups is 1. The zero-order valence-electron chi connectivity index (χ0n) is 19.9. The van der Waals surface area contributed by atoms with Gasteiger partial charge in [-0.3, -0.25) is 19.7 Å². The summed E-state index contributed by atoms with van der Waals surface area (Å²) in [5.41, 5.74) is -0.429. The fraction of sp³-hybridized carbons (Fsp3) is 0.296. The van der Waals surface area contributed by atoms with Crippen molar-refractivity contribution in [3.63, 3.8) is 0 Å². The minimum Gasteiger partial charge on any atom is -0.508 e. The second-order valence-corrected chi connectivity index (χ2v) is 10.3. The van der Waals surface area contributed by atoms with Gasteiger partial charge in [0.1, 0.15) is 24.5 Å². The molecule has 2 aromatic carbocycles. The zero-order valence-corrected chi connectivity index (χ0v) is 20.7. The molecule has 2 saturated heterocycles. The molecular formula is C27H24N2O7S. The Kier molecular flexibility index (Phi) is 5.65. The Balaban J connectivity index is 1.47. The molecule has 0 saturated carbocycles. The van der Waals surface area contributed by atoms with E-state index in [2.05, 4.69) is 5.32 Å². The van der Waals surface area contributed by atoms with Crippen molar-refractivity contribution in [2.75, 3.05) is 25.2 Å². The lowest BCUT2D eigenvalue weighted by molar-refractivity contribution is -0.152. The van der Waals surface area contributed by atoms with Crippen molar-refractivity contribution >= 4 is 34.8 Å². The van der Waals surface area contributed by atoms with E-state index in [1.165, 1.54) is 30.6 Å². The average molecular weight is 521 g/mol. The topological polar surface area (TPSA) is 114 Å². The summed E-state index contributed by atoms with van der Waals surface area (Å²) < 4.78 is 16.5. The summed E-state index contributed by atoms with van der Waals surface area (Å²) in [5, 5.41) is 15.0. The van der Waals surface area contributed by atoms with Crippen molar-refractivity contribution in [2.24, 2.45) is 11.8 Å². The molecule has 3 aliphatic rings. The molecule has 0 spiro atoms. The molecule has 4 atom stereocenters. The first kappa shape index (κ1) is 23.5. The number of nitrogens with zero attached hydrogens (tertiary/aromatic N) is 1. The highest BCUT2D eigenvalue weighted by Gasteiger charge is 2.69. The lowest BCUT2D eigenvalue weighted by atomic mass is 9.76. The number of thiophene rings is 1.